The largest absolute Gasteiger partial charge is 0.378 e. The van der Waals surface area contributed by atoms with Crippen molar-refractivity contribution < 1.29 is 9.47 Å². The molecule has 3 aromatic rings. The molecule has 4 rings (SSSR count). The summed E-state index contributed by atoms with van der Waals surface area (Å²) >= 11 is 0. The summed E-state index contributed by atoms with van der Waals surface area (Å²) in [6.45, 7) is 4.92. The molecule has 4 heterocycles. The third-order valence-electron chi connectivity index (χ3n) is 4.91. The number of aromatic amines is 1. The van der Waals surface area contributed by atoms with Crippen LogP contribution in [0, 0.1) is 0 Å². The molecule has 1 unspecified atom stereocenters. The predicted octanol–water partition coefficient (Wildman–Crippen LogP) is 2.61. The second-order valence-electron chi connectivity index (χ2n) is 6.70. The van der Waals surface area contributed by atoms with Gasteiger partial charge in [0.15, 0.2) is 6.23 Å². The van der Waals surface area contributed by atoms with E-state index in [0.717, 1.165) is 42.5 Å². The average molecular weight is 369 g/mol. The summed E-state index contributed by atoms with van der Waals surface area (Å²) in [5.41, 5.74) is 3.28. The normalized spacial score (nSPS) is 17.5. The van der Waals surface area contributed by atoms with Gasteiger partial charge in [-0.05, 0) is 31.4 Å². The summed E-state index contributed by atoms with van der Waals surface area (Å²) in [6.07, 6.45) is 6.49. The molecule has 27 heavy (non-hydrogen) atoms. The molecule has 1 aliphatic heterocycles. The highest BCUT2D eigenvalue weighted by Gasteiger charge is 2.22. The Morgan fingerprint density at radius 1 is 1.48 bits per heavy atom. The number of methoxy groups -OCH3 is 1. The van der Waals surface area contributed by atoms with Crippen LogP contribution in [0.2, 0.25) is 0 Å². The Hall–Kier alpha value is -2.71. The van der Waals surface area contributed by atoms with E-state index in [-0.39, 0.29) is 11.8 Å². The highest BCUT2D eigenvalue weighted by molar-refractivity contribution is 5.89. The maximum atomic E-state index is 12.6. The molecule has 0 aliphatic carbocycles. The van der Waals surface area contributed by atoms with Gasteiger partial charge in [-0.15, -0.1) is 0 Å². The van der Waals surface area contributed by atoms with E-state index in [9.17, 15) is 4.79 Å². The van der Waals surface area contributed by atoms with E-state index >= 15 is 0 Å². The first-order chi connectivity index (χ1) is 13.1. The third-order valence-corrected chi connectivity index (χ3v) is 4.91. The lowest BCUT2D eigenvalue weighted by molar-refractivity contribution is -0.0367. The van der Waals surface area contributed by atoms with Gasteiger partial charge >= 0.3 is 0 Å². The van der Waals surface area contributed by atoms with Crippen LogP contribution in [0.15, 0.2) is 23.6 Å². The van der Waals surface area contributed by atoms with E-state index in [1.54, 1.807) is 26.4 Å². The fourth-order valence-corrected chi connectivity index (χ4v) is 3.60. The number of nitrogens with zero attached hydrogens (tertiary/aromatic N) is 4. The molecule has 1 fully saturated rings. The minimum atomic E-state index is -0.142. The van der Waals surface area contributed by atoms with Crippen LogP contribution in [0.5, 0.6) is 0 Å². The molecule has 0 amide bonds. The highest BCUT2D eigenvalue weighted by atomic mass is 16.5. The number of aromatic nitrogens is 5. The molecular formula is C19H23N5O3. The van der Waals surface area contributed by atoms with Crippen molar-refractivity contribution in [2.75, 3.05) is 13.7 Å². The highest BCUT2D eigenvalue weighted by Crippen LogP contribution is 2.30. The molecule has 1 atom stereocenters. The summed E-state index contributed by atoms with van der Waals surface area (Å²) < 4.78 is 14.4. The van der Waals surface area contributed by atoms with Gasteiger partial charge in [-0.2, -0.15) is 5.10 Å². The maximum absolute atomic E-state index is 12.6. The number of aryl methyl sites for hydroxylation is 1. The Labute approximate surface area is 156 Å². The molecule has 3 aromatic heterocycles. The number of H-pyrrole nitrogens is 1. The maximum Gasteiger partial charge on any atom is 0.276 e. The van der Waals surface area contributed by atoms with Crippen LogP contribution in [-0.2, 0) is 23.1 Å². The van der Waals surface area contributed by atoms with Crippen LogP contribution >= 0.6 is 0 Å². The number of ether oxygens (including phenoxy) is 2. The molecule has 8 heteroatoms. The first kappa shape index (κ1) is 17.7. The first-order valence-electron chi connectivity index (χ1n) is 9.03. The predicted molar refractivity (Wildman–Crippen MR) is 102 cm³/mol. The second kappa shape index (κ2) is 7.13. The number of fused-ring (bicyclic) bond motifs is 1. The van der Waals surface area contributed by atoms with Crippen LogP contribution in [-0.4, -0.2) is 38.3 Å². The summed E-state index contributed by atoms with van der Waals surface area (Å²) in [4.78, 5) is 17.1. The number of rotatable bonds is 5. The molecule has 8 nitrogen and oxygen atoms in total. The standard InChI is InChI=1S/C19H23N5O3/c1-4-13-12-9-14(18-15(11-26-3)21-23(2)19(18)25)20-10-16(12)24(22-13)17-7-5-6-8-27-17/h4,9-10,17,21H,1,5-8,11H2,2-3H3. The van der Waals surface area contributed by atoms with Crippen molar-refractivity contribution in [3.63, 3.8) is 0 Å². The average Bonchev–Trinajstić information content (AvgIpc) is 3.19. The van der Waals surface area contributed by atoms with Crippen LogP contribution in [0.1, 0.15) is 36.9 Å². The van der Waals surface area contributed by atoms with Crippen molar-refractivity contribution in [1.29, 1.82) is 0 Å². The summed E-state index contributed by atoms with van der Waals surface area (Å²) in [6, 6.07) is 1.89. The van der Waals surface area contributed by atoms with Crippen molar-refractivity contribution in [3.8, 4) is 11.3 Å². The molecule has 0 aromatic carbocycles. The van der Waals surface area contributed by atoms with Crippen LogP contribution in [0.3, 0.4) is 0 Å². The van der Waals surface area contributed by atoms with Gasteiger partial charge in [-0.1, -0.05) is 6.58 Å². The van der Waals surface area contributed by atoms with Gasteiger partial charge in [-0.25, -0.2) is 4.68 Å². The number of hydrogen-bond acceptors (Lipinski definition) is 5. The van der Waals surface area contributed by atoms with E-state index < -0.39 is 0 Å². The Kier molecular flexibility index (Phi) is 4.67. The minimum Gasteiger partial charge on any atom is -0.378 e. The van der Waals surface area contributed by atoms with Crippen molar-refractivity contribution in [3.05, 3.63) is 40.6 Å². The monoisotopic (exact) mass is 369 g/mol. The molecule has 1 aliphatic rings. The Morgan fingerprint density at radius 3 is 3.04 bits per heavy atom. The van der Waals surface area contributed by atoms with Gasteiger partial charge in [0.2, 0.25) is 0 Å². The van der Waals surface area contributed by atoms with Crippen LogP contribution < -0.4 is 5.56 Å². The summed E-state index contributed by atoms with van der Waals surface area (Å²) in [5, 5.41) is 8.59. The molecular weight excluding hydrogens is 346 g/mol. The van der Waals surface area contributed by atoms with Gasteiger partial charge in [0, 0.05) is 26.2 Å². The summed E-state index contributed by atoms with van der Waals surface area (Å²) in [5.74, 6) is 0. The minimum absolute atomic E-state index is 0.0909. The van der Waals surface area contributed by atoms with Crippen molar-refractivity contribution in [2.24, 2.45) is 7.05 Å². The Balaban J connectivity index is 1.86. The lowest BCUT2D eigenvalue weighted by atomic mass is 10.1. The fraction of sp³-hybridized carbons (Fsp3) is 0.421. The molecule has 0 saturated carbocycles. The van der Waals surface area contributed by atoms with Gasteiger partial charge in [0.25, 0.3) is 5.56 Å². The topological polar surface area (TPSA) is 87.0 Å². The Morgan fingerprint density at radius 2 is 2.33 bits per heavy atom. The molecule has 1 N–H and O–H groups in total. The molecule has 0 bridgehead atoms. The Bertz CT molecular complexity index is 1040. The van der Waals surface area contributed by atoms with Gasteiger partial charge in [-0.3, -0.25) is 19.6 Å². The lowest BCUT2D eigenvalue weighted by Crippen LogP contribution is -2.19. The van der Waals surface area contributed by atoms with Crippen molar-refractivity contribution in [1.82, 2.24) is 24.5 Å². The van der Waals surface area contributed by atoms with E-state index in [2.05, 4.69) is 21.8 Å². The zero-order valence-corrected chi connectivity index (χ0v) is 15.6. The molecule has 1 saturated heterocycles. The van der Waals surface area contributed by atoms with Crippen molar-refractivity contribution >= 4 is 17.0 Å². The zero-order valence-electron chi connectivity index (χ0n) is 15.6. The lowest BCUT2D eigenvalue weighted by Gasteiger charge is -2.23. The number of hydrogen-bond donors (Lipinski definition) is 1. The van der Waals surface area contributed by atoms with Crippen molar-refractivity contribution in [2.45, 2.75) is 32.1 Å². The molecule has 0 spiro atoms. The SMILES string of the molecule is C=Cc1nn(C2CCCCO2)c2cnc(-c3c(COC)[nH]n(C)c3=O)cc12. The number of pyridine rings is 1. The van der Waals surface area contributed by atoms with E-state index in [0.29, 0.717) is 23.6 Å². The van der Waals surface area contributed by atoms with E-state index in [1.807, 2.05) is 10.7 Å². The zero-order chi connectivity index (χ0) is 19.0. The summed E-state index contributed by atoms with van der Waals surface area (Å²) in [7, 11) is 3.27. The van der Waals surface area contributed by atoms with Gasteiger partial charge in [0.05, 0.1) is 41.0 Å². The van der Waals surface area contributed by atoms with Gasteiger partial charge < -0.3 is 9.47 Å². The smallest absolute Gasteiger partial charge is 0.276 e. The van der Waals surface area contributed by atoms with E-state index in [1.165, 1.54) is 4.68 Å². The van der Waals surface area contributed by atoms with E-state index in [4.69, 9.17) is 9.47 Å². The molecule has 142 valence electrons. The first-order valence-corrected chi connectivity index (χ1v) is 9.03. The number of nitrogens with one attached hydrogen (secondary N) is 1. The fourth-order valence-electron chi connectivity index (χ4n) is 3.60. The molecule has 0 radical (unpaired) electrons. The van der Waals surface area contributed by atoms with Gasteiger partial charge in [0.1, 0.15) is 0 Å². The van der Waals surface area contributed by atoms with Crippen LogP contribution in [0.25, 0.3) is 28.2 Å². The second-order valence-corrected chi connectivity index (χ2v) is 6.70. The third kappa shape index (κ3) is 3.00. The van der Waals surface area contributed by atoms with Crippen LogP contribution in [0.4, 0.5) is 0 Å². The quantitative estimate of drug-likeness (QED) is 0.747.